The lowest BCUT2D eigenvalue weighted by atomic mass is 10.1. The van der Waals surface area contributed by atoms with Crippen molar-refractivity contribution in [3.63, 3.8) is 0 Å². The number of nitrogens with one attached hydrogen (secondary N) is 2. The Morgan fingerprint density at radius 1 is 1.32 bits per heavy atom. The van der Waals surface area contributed by atoms with E-state index in [1.54, 1.807) is 0 Å². The standard InChI is InChI=1S/C16H22N2O3.ClH/c19-16(12-7-8-17-10-12)18-13-3-5-14(6-4-13)21-11-15-2-1-9-20-15;/h3-6,12,15,17H,1-2,7-11H2,(H,18,19);1H. The van der Waals surface area contributed by atoms with Crippen LogP contribution in [0.1, 0.15) is 19.3 Å². The molecule has 1 amide bonds. The van der Waals surface area contributed by atoms with Gasteiger partial charge >= 0.3 is 0 Å². The van der Waals surface area contributed by atoms with Gasteiger partial charge < -0.3 is 20.1 Å². The second-order valence-electron chi connectivity index (χ2n) is 5.65. The predicted octanol–water partition coefficient (Wildman–Crippen LogP) is 2.21. The first-order chi connectivity index (χ1) is 10.3. The molecule has 5 nitrogen and oxygen atoms in total. The molecule has 122 valence electrons. The summed E-state index contributed by atoms with van der Waals surface area (Å²) in [6, 6.07) is 7.53. The lowest BCUT2D eigenvalue weighted by Gasteiger charge is -2.13. The van der Waals surface area contributed by atoms with Gasteiger partial charge in [0.1, 0.15) is 12.4 Å². The molecule has 2 aliphatic rings. The van der Waals surface area contributed by atoms with Crippen LogP contribution in [0.4, 0.5) is 5.69 Å². The fourth-order valence-electron chi connectivity index (χ4n) is 2.72. The quantitative estimate of drug-likeness (QED) is 0.871. The second kappa shape index (κ2) is 8.36. The van der Waals surface area contributed by atoms with Crippen molar-refractivity contribution in [3.05, 3.63) is 24.3 Å². The number of ether oxygens (including phenoxy) is 2. The predicted molar refractivity (Wildman–Crippen MR) is 87.8 cm³/mol. The number of hydrogen-bond donors (Lipinski definition) is 2. The summed E-state index contributed by atoms with van der Waals surface area (Å²) >= 11 is 0. The molecule has 0 aromatic heterocycles. The van der Waals surface area contributed by atoms with Crippen molar-refractivity contribution in [2.75, 3.05) is 31.6 Å². The third kappa shape index (κ3) is 4.60. The molecule has 2 unspecified atom stereocenters. The van der Waals surface area contributed by atoms with Crippen molar-refractivity contribution >= 4 is 24.0 Å². The van der Waals surface area contributed by atoms with Crippen LogP contribution in [0.25, 0.3) is 0 Å². The van der Waals surface area contributed by atoms with E-state index in [4.69, 9.17) is 9.47 Å². The van der Waals surface area contributed by atoms with Crippen LogP contribution in [0.5, 0.6) is 5.75 Å². The van der Waals surface area contributed by atoms with Gasteiger partial charge in [-0.15, -0.1) is 12.4 Å². The third-order valence-electron chi connectivity index (χ3n) is 4.01. The van der Waals surface area contributed by atoms with Crippen LogP contribution in [-0.4, -0.2) is 38.3 Å². The monoisotopic (exact) mass is 326 g/mol. The fourth-order valence-corrected chi connectivity index (χ4v) is 2.72. The van der Waals surface area contributed by atoms with E-state index in [1.165, 1.54) is 0 Å². The molecule has 2 aliphatic heterocycles. The van der Waals surface area contributed by atoms with Crippen LogP contribution in [0.3, 0.4) is 0 Å². The van der Waals surface area contributed by atoms with Crippen LogP contribution in [0, 0.1) is 5.92 Å². The van der Waals surface area contributed by atoms with E-state index in [0.29, 0.717) is 6.61 Å². The first-order valence-corrected chi connectivity index (χ1v) is 7.67. The van der Waals surface area contributed by atoms with Crippen molar-refractivity contribution in [3.8, 4) is 5.75 Å². The van der Waals surface area contributed by atoms with Gasteiger partial charge in [-0.1, -0.05) is 0 Å². The highest BCUT2D eigenvalue weighted by molar-refractivity contribution is 5.92. The van der Waals surface area contributed by atoms with Gasteiger partial charge in [-0.05, 0) is 50.1 Å². The highest BCUT2D eigenvalue weighted by atomic mass is 35.5. The van der Waals surface area contributed by atoms with Crippen molar-refractivity contribution in [2.45, 2.75) is 25.4 Å². The van der Waals surface area contributed by atoms with Crippen molar-refractivity contribution in [1.29, 1.82) is 0 Å². The molecule has 2 heterocycles. The molecular weight excluding hydrogens is 304 g/mol. The number of carbonyl (C=O) groups excluding carboxylic acids is 1. The number of hydrogen-bond acceptors (Lipinski definition) is 4. The number of rotatable bonds is 5. The first kappa shape index (κ1) is 17.1. The fraction of sp³-hybridized carbons (Fsp3) is 0.562. The summed E-state index contributed by atoms with van der Waals surface area (Å²) in [7, 11) is 0. The van der Waals surface area contributed by atoms with E-state index in [2.05, 4.69) is 10.6 Å². The molecular formula is C16H23ClN2O3. The van der Waals surface area contributed by atoms with E-state index in [-0.39, 0.29) is 30.3 Å². The Hall–Kier alpha value is -1.30. The molecule has 0 spiro atoms. The van der Waals surface area contributed by atoms with Crippen LogP contribution < -0.4 is 15.4 Å². The maximum Gasteiger partial charge on any atom is 0.228 e. The summed E-state index contributed by atoms with van der Waals surface area (Å²) < 4.78 is 11.2. The van der Waals surface area contributed by atoms with Gasteiger partial charge in [0.05, 0.1) is 12.0 Å². The molecule has 3 rings (SSSR count). The molecule has 6 heteroatoms. The second-order valence-corrected chi connectivity index (χ2v) is 5.65. The van der Waals surface area contributed by atoms with E-state index >= 15 is 0 Å². The smallest absolute Gasteiger partial charge is 0.228 e. The SMILES string of the molecule is Cl.O=C(Nc1ccc(OCC2CCCO2)cc1)C1CCNC1. The third-order valence-corrected chi connectivity index (χ3v) is 4.01. The zero-order chi connectivity index (χ0) is 14.5. The molecule has 0 saturated carbocycles. The van der Waals surface area contributed by atoms with Gasteiger partial charge in [-0.3, -0.25) is 4.79 Å². The summed E-state index contributed by atoms with van der Waals surface area (Å²) in [6.45, 7) is 3.14. The Morgan fingerprint density at radius 2 is 2.14 bits per heavy atom. The summed E-state index contributed by atoms with van der Waals surface area (Å²) in [5.41, 5.74) is 0.816. The summed E-state index contributed by atoms with van der Waals surface area (Å²) in [4.78, 5) is 12.0. The summed E-state index contributed by atoms with van der Waals surface area (Å²) in [5, 5.41) is 6.15. The average Bonchev–Trinajstić information content (AvgIpc) is 3.20. The lowest BCUT2D eigenvalue weighted by Crippen LogP contribution is -2.24. The topological polar surface area (TPSA) is 59.6 Å². The van der Waals surface area contributed by atoms with E-state index in [9.17, 15) is 4.79 Å². The minimum atomic E-state index is 0. The Balaban J connectivity index is 0.00000176. The molecule has 0 bridgehead atoms. The number of carbonyl (C=O) groups is 1. The average molecular weight is 327 g/mol. The summed E-state index contributed by atoms with van der Waals surface area (Å²) in [5.74, 6) is 0.986. The zero-order valence-corrected chi connectivity index (χ0v) is 13.4. The Morgan fingerprint density at radius 3 is 2.77 bits per heavy atom. The van der Waals surface area contributed by atoms with Gasteiger partial charge in [0.25, 0.3) is 0 Å². The van der Waals surface area contributed by atoms with Gasteiger partial charge in [-0.25, -0.2) is 0 Å². The minimum absolute atomic E-state index is 0. The van der Waals surface area contributed by atoms with Gasteiger partial charge in [-0.2, -0.15) is 0 Å². The molecule has 2 saturated heterocycles. The van der Waals surface area contributed by atoms with Crippen LogP contribution in [-0.2, 0) is 9.53 Å². The Kier molecular flexibility index (Phi) is 6.49. The van der Waals surface area contributed by atoms with Crippen LogP contribution in [0.15, 0.2) is 24.3 Å². The van der Waals surface area contributed by atoms with Crippen molar-refractivity contribution in [2.24, 2.45) is 5.92 Å². The number of halogens is 1. The number of anilines is 1. The van der Waals surface area contributed by atoms with Gasteiger partial charge in [0, 0.05) is 18.8 Å². The minimum Gasteiger partial charge on any atom is -0.491 e. The molecule has 22 heavy (non-hydrogen) atoms. The normalized spacial score (nSPS) is 23.8. The van der Waals surface area contributed by atoms with Crippen molar-refractivity contribution < 1.29 is 14.3 Å². The van der Waals surface area contributed by atoms with E-state index < -0.39 is 0 Å². The molecule has 2 N–H and O–H groups in total. The van der Waals surface area contributed by atoms with Crippen LogP contribution in [0.2, 0.25) is 0 Å². The molecule has 2 atom stereocenters. The van der Waals surface area contributed by atoms with Crippen LogP contribution >= 0.6 is 12.4 Å². The zero-order valence-electron chi connectivity index (χ0n) is 12.5. The first-order valence-electron chi connectivity index (χ1n) is 7.67. The van der Waals surface area contributed by atoms with E-state index in [0.717, 1.165) is 50.4 Å². The largest absolute Gasteiger partial charge is 0.491 e. The highest BCUT2D eigenvalue weighted by Gasteiger charge is 2.22. The Labute approximate surface area is 137 Å². The Bertz CT molecular complexity index is 469. The maximum absolute atomic E-state index is 12.0. The molecule has 0 radical (unpaired) electrons. The highest BCUT2D eigenvalue weighted by Crippen LogP contribution is 2.19. The molecule has 2 fully saturated rings. The van der Waals surface area contributed by atoms with Crippen molar-refractivity contribution in [1.82, 2.24) is 5.32 Å². The number of amides is 1. The van der Waals surface area contributed by atoms with Gasteiger partial charge in [0.15, 0.2) is 0 Å². The molecule has 1 aromatic rings. The van der Waals surface area contributed by atoms with E-state index in [1.807, 2.05) is 24.3 Å². The van der Waals surface area contributed by atoms with Gasteiger partial charge in [0.2, 0.25) is 5.91 Å². The molecule has 1 aromatic carbocycles. The lowest BCUT2D eigenvalue weighted by molar-refractivity contribution is -0.119. The molecule has 0 aliphatic carbocycles. The number of benzene rings is 1. The maximum atomic E-state index is 12.0. The summed E-state index contributed by atoms with van der Waals surface area (Å²) in [6.07, 6.45) is 3.33.